The molecular weight excluding hydrogens is 572 g/mol. The Hall–Kier alpha value is -3.92. The van der Waals surface area contributed by atoms with E-state index in [-0.39, 0.29) is 11.6 Å². The number of nitrogens with one attached hydrogen (secondary N) is 2. The summed E-state index contributed by atoms with van der Waals surface area (Å²) >= 11 is 3.25. The number of ketones is 2. The van der Waals surface area contributed by atoms with E-state index in [2.05, 4.69) is 45.8 Å². The van der Waals surface area contributed by atoms with Crippen LogP contribution < -0.4 is 4.74 Å². The van der Waals surface area contributed by atoms with Crippen LogP contribution in [-0.4, -0.2) is 48.1 Å². The number of aromatic nitrogens is 6. The molecule has 0 aliphatic heterocycles. The lowest BCUT2D eigenvalue weighted by Crippen LogP contribution is -2.20. The molecule has 0 saturated heterocycles. The van der Waals surface area contributed by atoms with E-state index in [4.69, 9.17) is 4.74 Å². The number of ether oxygens (including phenoxy) is 1. The van der Waals surface area contributed by atoms with E-state index in [0.29, 0.717) is 50.4 Å². The van der Waals surface area contributed by atoms with E-state index in [9.17, 15) is 9.59 Å². The number of hydrogen-bond donors (Lipinski definition) is 2. The molecule has 5 aromatic rings. The molecule has 0 unspecified atom stereocenters. The number of H-pyrrole nitrogens is 2. The number of hydrogen-bond acceptors (Lipinski definition) is 7. The minimum atomic E-state index is -0.471. The summed E-state index contributed by atoms with van der Waals surface area (Å²) in [4.78, 5) is 48.3. The number of halogens is 1. The summed E-state index contributed by atoms with van der Waals surface area (Å²) in [6.07, 6.45) is 6.67. The maximum Gasteiger partial charge on any atom is 0.171 e. The van der Waals surface area contributed by atoms with Crippen molar-refractivity contribution in [1.29, 1.82) is 0 Å². The number of carbonyl (C=O) groups is 2. The van der Waals surface area contributed by atoms with Crippen molar-refractivity contribution in [3.05, 3.63) is 64.8 Å². The fraction of sp³-hybridized carbons (Fsp3) is 0.333. The number of aromatic amines is 2. The van der Waals surface area contributed by atoms with Gasteiger partial charge < -0.3 is 14.7 Å². The molecule has 5 rings (SSSR count). The van der Waals surface area contributed by atoms with Crippen LogP contribution in [0.4, 0.5) is 0 Å². The van der Waals surface area contributed by atoms with Gasteiger partial charge in [0.05, 0.1) is 35.8 Å². The van der Waals surface area contributed by atoms with Crippen LogP contribution in [-0.2, 0) is 0 Å². The number of rotatable bonds is 5. The van der Waals surface area contributed by atoms with E-state index >= 15 is 0 Å². The number of benzene rings is 1. The van der Waals surface area contributed by atoms with Crippen LogP contribution in [0, 0.1) is 10.8 Å². The van der Waals surface area contributed by atoms with Crippen LogP contribution >= 0.6 is 15.9 Å². The molecule has 1 aromatic carbocycles. The Bertz CT molecular complexity index is 1690. The standard InChI is InChI=1S/C19H21N3O2.C11H12BrN3O/c1-5-24-13-8-6-7-12(9-13)15-11-21-18-16(22-15)14(10-20-18)17(23)19(2,3)4;1-11(2,3)9(16)6-4-13-10-8(6)15-7(12)5-14-10/h6-11H,5H2,1-4H3,(H,20,21);4-5H,1-3H3,(H,13,14). The van der Waals surface area contributed by atoms with Crippen LogP contribution in [0.1, 0.15) is 69.2 Å². The molecule has 0 amide bonds. The first kappa shape index (κ1) is 29.1. The summed E-state index contributed by atoms with van der Waals surface area (Å²) in [5, 5.41) is 0. The first-order chi connectivity index (χ1) is 18.8. The summed E-state index contributed by atoms with van der Waals surface area (Å²) in [5.41, 5.74) is 4.38. The zero-order chi connectivity index (χ0) is 29.2. The summed E-state index contributed by atoms with van der Waals surface area (Å²) in [6, 6.07) is 7.71. The van der Waals surface area contributed by atoms with Crippen molar-refractivity contribution in [1.82, 2.24) is 29.9 Å². The van der Waals surface area contributed by atoms with Crippen LogP contribution in [0.15, 0.2) is 53.7 Å². The lowest BCUT2D eigenvalue weighted by molar-refractivity contribution is 0.0854. The Morgan fingerprint density at radius 3 is 1.95 bits per heavy atom. The molecule has 10 heteroatoms. The number of Topliss-reactive ketones (excluding diaryl/α,β-unsaturated/α-hetero) is 2. The third kappa shape index (κ3) is 6.28. The molecule has 208 valence electrons. The minimum Gasteiger partial charge on any atom is -0.494 e. The van der Waals surface area contributed by atoms with E-state index in [1.165, 1.54) is 0 Å². The zero-order valence-electron chi connectivity index (χ0n) is 23.7. The van der Waals surface area contributed by atoms with E-state index in [1.807, 2.05) is 72.7 Å². The predicted molar refractivity (Wildman–Crippen MR) is 160 cm³/mol. The average molecular weight is 606 g/mol. The first-order valence-corrected chi connectivity index (χ1v) is 13.8. The molecule has 4 aromatic heterocycles. The molecule has 0 radical (unpaired) electrons. The second-order valence-corrected chi connectivity index (χ2v) is 12.2. The van der Waals surface area contributed by atoms with Gasteiger partial charge in [0.1, 0.15) is 21.4 Å². The molecule has 0 spiro atoms. The summed E-state index contributed by atoms with van der Waals surface area (Å²) < 4.78 is 6.17. The highest BCUT2D eigenvalue weighted by Crippen LogP contribution is 2.28. The topological polar surface area (TPSA) is 127 Å². The summed E-state index contributed by atoms with van der Waals surface area (Å²) in [7, 11) is 0. The van der Waals surface area contributed by atoms with E-state index < -0.39 is 10.8 Å². The van der Waals surface area contributed by atoms with Crippen molar-refractivity contribution in [2.24, 2.45) is 10.8 Å². The van der Waals surface area contributed by atoms with Gasteiger partial charge in [-0.2, -0.15) is 0 Å². The van der Waals surface area contributed by atoms with Crippen molar-refractivity contribution in [2.45, 2.75) is 48.5 Å². The Kier molecular flexibility index (Phi) is 8.20. The number of carbonyl (C=O) groups excluding carboxylic acids is 2. The van der Waals surface area contributed by atoms with Gasteiger partial charge in [0.25, 0.3) is 0 Å². The largest absolute Gasteiger partial charge is 0.494 e. The monoisotopic (exact) mass is 604 g/mol. The van der Waals surface area contributed by atoms with Gasteiger partial charge >= 0.3 is 0 Å². The van der Waals surface area contributed by atoms with Crippen molar-refractivity contribution >= 4 is 49.8 Å². The molecule has 40 heavy (non-hydrogen) atoms. The molecule has 4 heterocycles. The SMILES string of the molecule is CC(C)(C)C(=O)c1c[nH]c2ncc(Br)nc12.CCOc1cccc(-c2cnc3[nH]cc(C(=O)C(C)(C)C)c3n2)c1. The molecule has 0 bridgehead atoms. The maximum absolute atomic E-state index is 12.6. The van der Waals surface area contributed by atoms with Crippen LogP contribution in [0.3, 0.4) is 0 Å². The van der Waals surface area contributed by atoms with E-state index in [0.717, 1.165) is 11.3 Å². The quantitative estimate of drug-likeness (QED) is 0.203. The zero-order valence-corrected chi connectivity index (χ0v) is 25.3. The van der Waals surface area contributed by atoms with Crippen molar-refractivity contribution in [3.8, 4) is 17.0 Å². The van der Waals surface area contributed by atoms with Gasteiger partial charge in [-0.3, -0.25) is 9.59 Å². The highest BCUT2D eigenvalue weighted by molar-refractivity contribution is 9.10. The van der Waals surface area contributed by atoms with Crippen LogP contribution in [0.5, 0.6) is 5.75 Å². The fourth-order valence-corrected chi connectivity index (χ4v) is 4.25. The van der Waals surface area contributed by atoms with Gasteiger partial charge in [0.2, 0.25) is 0 Å². The lowest BCUT2D eigenvalue weighted by atomic mass is 9.87. The Labute approximate surface area is 241 Å². The lowest BCUT2D eigenvalue weighted by Gasteiger charge is -2.15. The Balaban J connectivity index is 0.000000201. The van der Waals surface area contributed by atoms with Gasteiger partial charge in [-0.05, 0) is 35.0 Å². The molecule has 9 nitrogen and oxygen atoms in total. The Morgan fingerprint density at radius 1 is 0.850 bits per heavy atom. The van der Waals surface area contributed by atoms with Crippen LogP contribution in [0.25, 0.3) is 33.6 Å². The third-order valence-corrected chi connectivity index (χ3v) is 6.41. The van der Waals surface area contributed by atoms with Gasteiger partial charge in [0.15, 0.2) is 22.9 Å². The van der Waals surface area contributed by atoms with Gasteiger partial charge in [-0.1, -0.05) is 53.7 Å². The third-order valence-electron chi connectivity index (χ3n) is 6.02. The summed E-state index contributed by atoms with van der Waals surface area (Å²) in [5.74, 6) is 0.895. The molecule has 0 saturated carbocycles. The smallest absolute Gasteiger partial charge is 0.171 e. The molecule has 0 aliphatic carbocycles. The minimum absolute atomic E-state index is 0.0447. The Morgan fingerprint density at radius 2 is 1.40 bits per heavy atom. The van der Waals surface area contributed by atoms with Crippen LogP contribution in [0.2, 0.25) is 0 Å². The average Bonchev–Trinajstić information content (AvgIpc) is 3.51. The molecular formula is C30H33BrN6O3. The second-order valence-electron chi connectivity index (χ2n) is 11.4. The van der Waals surface area contributed by atoms with Gasteiger partial charge in [-0.25, -0.2) is 19.9 Å². The maximum atomic E-state index is 12.6. The summed E-state index contributed by atoms with van der Waals surface area (Å²) in [6.45, 7) is 13.9. The number of fused-ring (bicyclic) bond motifs is 2. The molecule has 2 N–H and O–H groups in total. The molecule has 0 atom stereocenters. The fourth-order valence-electron chi connectivity index (χ4n) is 3.97. The highest BCUT2D eigenvalue weighted by Gasteiger charge is 2.27. The first-order valence-electron chi connectivity index (χ1n) is 13.0. The normalized spacial score (nSPS) is 11.8. The highest BCUT2D eigenvalue weighted by atomic mass is 79.9. The molecule has 0 aliphatic rings. The van der Waals surface area contributed by atoms with E-state index in [1.54, 1.807) is 24.8 Å². The van der Waals surface area contributed by atoms with Gasteiger partial charge in [0, 0.05) is 28.8 Å². The predicted octanol–water partition coefficient (Wildman–Crippen LogP) is 7.20. The second kappa shape index (κ2) is 11.3. The van der Waals surface area contributed by atoms with Crippen molar-refractivity contribution in [2.75, 3.05) is 6.61 Å². The molecule has 0 fully saturated rings. The van der Waals surface area contributed by atoms with Crippen molar-refractivity contribution < 1.29 is 14.3 Å². The number of nitrogens with zero attached hydrogens (tertiary/aromatic N) is 4. The van der Waals surface area contributed by atoms with Crippen molar-refractivity contribution in [3.63, 3.8) is 0 Å². The van der Waals surface area contributed by atoms with Gasteiger partial charge in [-0.15, -0.1) is 0 Å².